The van der Waals surface area contributed by atoms with Crippen LogP contribution in [0.15, 0.2) is 46.9 Å². The summed E-state index contributed by atoms with van der Waals surface area (Å²) in [6.45, 7) is 2.35. The molecule has 2 rings (SSSR count). The fourth-order valence-electron chi connectivity index (χ4n) is 1.57. The highest BCUT2D eigenvalue weighted by molar-refractivity contribution is 9.10. The van der Waals surface area contributed by atoms with Crippen molar-refractivity contribution >= 4 is 15.9 Å². The predicted octanol–water partition coefficient (Wildman–Crippen LogP) is 4.48. The number of halogens is 2. The summed E-state index contributed by atoms with van der Waals surface area (Å²) in [5, 5.41) is 0. The third kappa shape index (κ3) is 3.30. The van der Waals surface area contributed by atoms with Gasteiger partial charge >= 0.3 is 0 Å². The van der Waals surface area contributed by atoms with Gasteiger partial charge in [-0.15, -0.1) is 0 Å². The molecule has 0 aliphatic carbocycles. The van der Waals surface area contributed by atoms with Crippen molar-refractivity contribution in [2.75, 3.05) is 0 Å². The van der Waals surface area contributed by atoms with Gasteiger partial charge in [-0.2, -0.15) is 0 Å². The predicted molar refractivity (Wildman–Crippen MR) is 69.6 cm³/mol. The number of aryl methyl sites for hydroxylation is 1. The van der Waals surface area contributed by atoms with Crippen LogP contribution in [0.1, 0.15) is 11.1 Å². The maximum Gasteiger partial charge on any atom is 0.124 e. The third-order valence-electron chi connectivity index (χ3n) is 2.41. The molecule has 0 heterocycles. The minimum absolute atomic E-state index is 0.261. The first-order valence-electron chi connectivity index (χ1n) is 5.28. The van der Waals surface area contributed by atoms with Crippen molar-refractivity contribution in [1.29, 1.82) is 0 Å². The molecule has 0 aliphatic heterocycles. The van der Waals surface area contributed by atoms with E-state index in [9.17, 15) is 4.39 Å². The second-order valence-electron chi connectivity index (χ2n) is 3.83. The van der Waals surface area contributed by atoms with Gasteiger partial charge in [-0.25, -0.2) is 4.39 Å². The van der Waals surface area contributed by atoms with E-state index in [1.54, 1.807) is 0 Å². The van der Waals surface area contributed by atoms with Crippen LogP contribution in [0.3, 0.4) is 0 Å². The van der Waals surface area contributed by atoms with E-state index in [-0.39, 0.29) is 5.82 Å². The van der Waals surface area contributed by atoms with E-state index in [4.69, 9.17) is 4.74 Å². The van der Waals surface area contributed by atoms with E-state index in [0.717, 1.165) is 21.3 Å². The molecule has 0 radical (unpaired) electrons. The van der Waals surface area contributed by atoms with E-state index in [2.05, 4.69) is 15.9 Å². The molecule has 0 spiro atoms. The van der Waals surface area contributed by atoms with Gasteiger partial charge in [-0.1, -0.05) is 34.1 Å². The maximum atomic E-state index is 13.1. The fourth-order valence-corrected chi connectivity index (χ4v) is 2.09. The summed E-state index contributed by atoms with van der Waals surface area (Å²) < 4.78 is 19.5. The second kappa shape index (κ2) is 5.32. The van der Waals surface area contributed by atoms with Crippen molar-refractivity contribution < 1.29 is 9.13 Å². The molecule has 0 N–H and O–H groups in total. The van der Waals surface area contributed by atoms with Crippen LogP contribution >= 0.6 is 15.9 Å². The highest BCUT2D eigenvalue weighted by atomic mass is 79.9. The van der Waals surface area contributed by atoms with Crippen LogP contribution in [-0.2, 0) is 6.61 Å². The SMILES string of the molecule is Cc1ccccc1OCc1cc(F)cc(Br)c1. The standard InChI is InChI=1S/C14H12BrFO/c1-10-4-2-3-5-14(10)17-9-11-6-12(15)8-13(16)7-11/h2-8H,9H2,1H3. The van der Waals surface area contributed by atoms with E-state index >= 15 is 0 Å². The van der Waals surface area contributed by atoms with Crippen LogP contribution in [0.5, 0.6) is 5.75 Å². The van der Waals surface area contributed by atoms with Crippen LogP contribution in [0.4, 0.5) is 4.39 Å². The lowest BCUT2D eigenvalue weighted by atomic mass is 10.2. The molecule has 2 aromatic carbocycles. The zero-order valence-electron chi connectivity index (χ0n) is 9.41. The molecule has 0 fully saturated rings. The number of benzene rings is 2. The molecule has 0 aromatic heterocycles. The quantitative estimate of drug-likeness (QED) is 0.811. The van der Waals surface area contributed by atoms with Crippen molar-refractivity contribution in [2.45, 2.75) is 13.5 Å². The van der Waals surface area contributed by atoms with Gasteiger partial charge in [0.15, 0.2) is 0 Å². The Balaban J connectivity index is 2.10. The van der Waals surface area contributed by atoms with Crippen molar-refractivity contribution in [3.8, 4) is 5.75 Å². The Hall–Kier alpha value is -1.35. The minimum atomic E-state index is -0.261. The van der Waals surface area contributed by atoms with Gasteiger partial charge in [0.05, 0.1) is 0 Å². The first-order valence-corrected chi connectivity index (χ1v) is 6.08. The number of hydrogen-bond acceptors (Lipinski definition) is 1. The van der Waals surface area contributed by atoms with Crippen LogP contribution in [-0.4, -0.2) is 0 Å². The third-order valence-corrected chi connectivity index (χ3v) is 2.87. The van der Waals surface area contributed by atoms with Gasteiger partial charge < -0.3 is 4.74 Å². The normalized spacial score (nSPS) is 10.3. The maximum absolute atomic E-state index is 13.1. The molecule has 3 heteroatoms. The molecule has 0 saturated heterocycles. The van der Waals surface area contributed by atoms with E-state index in [1.165, 1.54) is 12.1 Å². The van der Waals surface area contributed by atoms with Crippen LogP contribution < -0.4 is 4.74 Å². The first kappa shape index (κ1) is 12.1. The van der Waals surface area contributed by atoms with Crippen molar-refractivity contribution in [1.82, 2.24) is 0 Å². The second-order valence-corrected chi connectivity index (χ2v) is 4.75. The lowest BCUT2D eigenvalue weighted by molar-refractivity contribution is 0.303. The van der Waals surface area contributed by atoms with Gasteiger partial charge in [-0.05, 0) is 42.3 Å². The zero-order chi connectivity index (χ0) is 12.3. The van der Waals surface area contributed by atoms with Gasteiger partial charge in [0, 0.05) is 4.47 Å². The Morgan fingerprint density at radius 3 is 2.65 bits per heavy atom. The Bertz CT molecular complexity index is 505. The molecular formula is C14H12BrFO. The number of para-hydroxylation sites is 1. The number of ether oxygens (including phenoxy) is 1. The molecule has 2 aromatic rings. The molecule has 0 aliphatic rings. The molecule has 0 bridgehead atoms. The van der Waals surface area contributed by atoms with Gasteiger partial charge in [0.2, 0.25) is 0 Å². The lowest BCUT2D eigenvalue weighted by Gasteiger charge is -2.09. The highest BCUT2D eigenvalue weighted by Gasteiger charge is 2.02. The molecule has 0 amide bonds. The zero-order valence-corrected chi connectivity index (χ0v) is 11.0. The highest BCUT2D eigenvalue weighted by Crippen LogP contribution is 2.20. The summed E-state index contributed by atoms with van der Waals surface area (Å²) >= 11 is 3.26. The molecule has 17 heavy (non-hydrogen) atoms. The molecule has 0 unspecified atom stereocenters. The van der Waals surface area contributed by atoms with Crippen LogP contribution in [0.2, 0.25) is 0 Å². The fraction of sp³-hybridized carbons (Fsp3) is 0.143. The molecule has 0 atom stereocenters. The Labute approximate surface area is 108 Å². The van der Waals surface area contributed by atoms with Crippen LogP contribution in [0, 0.1) is 12.7 Å². The van der Waals surface area contributed by atoms with Crippen LogP contribution in [0.25, 0.3) is 0 Å². The summed E-state index contributed by atoms with van der Waals surface area (Å²) in [5.41, 5.74) is 1.88. The Kier molecular flexibility index (Phi) is 3.79. The van der Waals surface area contributed by atoms with E-state index < -0.39 is 0 Å². The average molecular weight is 295 g/mol. The van der Waals surface area contributed by atoms with Gasteiger partial charge in [0.25, 0.3) is 0 Å². The molecule has 1 nitrogen and oxygen atoms in total. The van der Waals surface area contributed by atoms with Gasteiger partial charge in [-0.3, -0.25) is 0 Å². The summed E-state index contributed by atoms with van der Waals surface area (Å²) in [4.78, 5) is 0. The molecule has 88 valence electrons. The topological polar surface area (TPSA) is 9.23 Å². The Morgan fingerprint density at radius 2 is 1.94 bits per heavy atom. The summed E-state index contributed by atoms with van der Waals surface area (Å²) in [7, 11) is 0. The summed E-state index contributed by atoms with van der Waals surface area (Å²) in [5.74, 6) is 0.565. The number of hydrogen-bond donors (Lipinski definition) is 0. The monoisotopic (exact) mass is 294 g/mol. The largest absolute Gasteiger partial charge is 0.489 e. The first-order chi connectivity index (χ1) is 8.15. The Morgan fingerprint density at radius 1 is 1.18 bits per heavy atom. The van der Waals surface area contributed by atoms with Crippen molar-refractivity contribution in [2.24, 2.45) is 0 Å². The summed E-state index contributed by atoms with van der Waals surface area (Å²) in [6.07, 6.45) is 0. The molecular weight excluding hydrogens is 283 g/mol. The van der Waals surface area contributed by atoms with Crippen molar-refractivity contribution in [3.05, 3.63) is 63.9 Å². The lowest BCUT2D eigenvalue weighted by Crippen LogP contribution is -1.97. The minimum Gasteiger partial charge on any atom is -0.489 e. The molecule has 0 saturated carbocycles. The summed E-state index contributed by atoms with van der Waals surface area (Å²) in [6, 6.07) is 12.5. The van der Waals surface area contributed by atoms with E-state index in [1.807, 2.05) is 37.3 Å². The van der Waals surface area contributed by atoms with E-state index in [0.29, 0.717) is 6.61 Å². The smallest absolute Gasteiger partial charge is 0.124 e. The van der Waals surface area contributed by atoms with Crippen molar-refractivity contribution in [3.63, 3.8) is 0 Å². The van der Waals surface area contributed by atoms with Gasteiger partial charge in [0.1, 0.15) is 18.2 Å². The average Bonchev–Trinajstić information content (AvgIpc) is 2.27. The number of rotatable bonds is 3.